The topological polar surface area (TPSA) is 59.9 Å². The maximum Gasteiger partial charge on any atom is 0.264 e. The lowest BCUT2D eigenvalue weighted by Gasteiger charge is -2.11. The number of nitrogens with one attached hydrogen (secondary N) is 1. The first-order chi connectivity index (χ1) is 16.8. The molecule has 0 spiro atoms. The van der Waals surface area contributed by atoms with E-state index >= 15 is 0 Å². The zero-order chi connectivity index (χ0) is 24.9. The van der Waals surface area contributed by atoms with Gasteiger partial charge < -0.3 is 14.8 Å². The van der Waals surface area contributed by atoms with Crippen LogP contribution in [0.1, 0.15) is 18.1 Å². The van der Waals surface area contributed by atoms with Crippen LogP contribution < -0.4 is 14.8 Å². The van der Waals surface area contributed by atoms with Crippen LogP contribution in [0.3, 0.4) is 0 Å². The summed E-state index contributed by atoms with van der Waals surface area (Å²) in [5.41, 5.74) is 2.17. The van der Waals surface area contributed by atoms with Gasteiger partial charge in [0.25, 0.3) is 5.91 Å². The fourth-order valence-electron chi connectivity index (χ4n) is 3.12. The van der Waals surface area contributed by atoms with Crippen molar-refractivity contribution < 1.29 is 14.3 Å². The average Bonchev–Trinajstić information content (AvgIpc) is 3.15. The van der Waals surface area contributed by atoms with Crippen LogP contribution in [0.2, 0.25) is 20.1 Å². The lowest BCUT2D eigenvalue weighted by molar-refractivity contribution is -0.115. The van der Waals surface area contributed by atoms with Crippen molar-refractivity contribution in [1.82, 2.24) is 5.32 Å². The number of benzene rings is 3. The fraction of sp³-hybridized carbons (Fsp3) is 0.120. The van der Waals surface area contributed by atoms with E-state index in [2.05, 4.69) is 10.3 Å². The number of amides is 1. The van der Waals surface area contributed by atoms with Gasteiger partial charge in [-0.25, -0.2) is 4.99 Å². The van der Waals surface area contributed by atoms with Gasteiger partial charge in [0.1, 0.15) is 12.4 Å². The van der Waals surface area contributed by atoms with Gasteiger partial charge in [0.2, 0.25) is 0 Å². The van der Waals surface area contributed by atoms with Gasteiger partial charge in [-0.1, -0.05) is 52.5 Å². The van der Waals surface area contributed by atoms with Gasteiger partial charge in [-0.3, -0.25) is 4.79 Å². The van der Waals surface area contributed by atoms with Crippen molar-refractivity contribution in [2.75, 3.05) is 6.61 Å². The maximum atomic E-state index is 12.5. The molecular weight excluding hydrogens is 550 g/mol. The fourth-order valence-corrected chi connectivity index (χ4v) is 4.89. The smallest absolute Gasteiger partial charge is 0.264 e. The Morgan fingerprint density at radius 3 is 2.29 bits per heavy atom. The van der Waals surface area contributed by atoms with E-state index in [0.717, 1.165) is 11.3 Å². The molecule has 1 fully saturated rings. The zero-order valence-corrected chi connectivity index (χ0v) is 22.1. The molecule has 3 aromatic carbocycles. The molecule has 0 saturated carbocycles. The minimum atomic E-state index is -0.258. The van der Waals surface area contributed by atoms with E-state index in [-0.39, 0.29) is 12.5 Å². The summed E-state index contributed by atoms with van der Waals surface area (Å²) in [5, 5.41) is 4.77. The number of halogens is 4. The molecule has 0 aliphatic carbocycles. The normalized spacial score (nSPS) is 15.5. The summed E-state index contributed by atoms with van der Waals surface area (Å²) >= 11 is 26.1. The van der Waals surface area contributed by atoms with E-state index in [1.54, 1.807) is 36.4 Å². The zero-order valence-electron chi connectivity index (χ0n) is 18.3. The predicted molar refractivity (Wildman–Crippen MR) is 146 cm³/mol. The first-order valence-corrected chi connectivity index (χ1v) is 12.7. The van der Waals surface area contributed by atoms with Gasteiger partial charge >= 0.3 is 0 Å². The molecule has 0 aromatic heterocycles. The molecule has 0 radical (unpaired) electrons. The van der Waals surface area contributed by atoms with Crippen molar-refractivity contribution in [2.24, 2.45) is 4.99 Å². The third-order valence-electron chi connectivity index (χ3n) is 4.71. The van der Waals surface area contributed by atoms with Crippen LogP contribution in [0.25, 0.3) is 6.08 Å². The predicted octanol–water partition coefficient (Wildman–Crippen LogP) is 8.17. The molecule has 1 amide bonds. The van der Waals surface area contributed by atoms with Gasteiger partial charge in [-0.15, -0.1) is 0 Å². The molecule has 180 valence electrons. The molecule has 1 saturated heterocycles. The molecule has 1 N–H and O–H groups in total. The molecule has 0 bridgehead atoms. The molecule has 1 heterocycles. The molecular formula is C25H18Cl4N2O3S. The number of carbonyl (C=O) groups excluding carboxylic acids is 1. The number of nitrogens with zero attached hydrogens (tertiary/aromatic N) is 1. The van der Waals surface area contributed by atoms with Crippen molar-refractivity contribution in [1.29, 1.82) is 0 Å². The Morgan fingerprint density at radius 1 is 0.914 bits per heavy atom. The Hall–Kier alpha value is -2.35. The third-order valence-corrected chi connectivity index (χ3v) is 6.93. The Balaban J connectivity index is 1.47. The molecule has 0 unspecified atom stereocenters. The Bertz CT molecular complexity index is 1300. The van der Waals surface area contributed by atoms with Gasteiger partial charge in [0.15, 0.2) is 10.9 Å². The standard InChI is InChI=1S/C25H18Cl4N2O3S/c1-2-33-17-6-4-16(5-7-17)30-25-31-24(32)22(35-25)12-15-10-20(28)23(21(29)11-15)34-13-14-3-8-18(26)19(27)9-14/h3-12H,2,13H2,1H3,(H,30,31,32)/b22-12+. The lowest BCUT2D eigenvalue weighted by Crippen LogP contribution is -2.19. The summed E-state index contributed by atoms with van der Waals surface area (Å²) in [5.74, 6) is 0.841. The van der Waals surface area contributed by atoms with Crippen molar-refractivity contribution in [2.45, 2.75) is 13.5 Å². The number of carbonyl (C=O) groups is 1. The summed E-state index contributed by atoms with van der Waals surface area (Å²) < 4.78 is 11.2. The highest BCUT2D eigenvalue weighted by atomic mass is 35.5. The SMILES string of the molecule is CCOc1ccc(N=C2NC(=O)/C(=C\c3cc(Cl)c(OCc4ccc(Cl)c(Cl)c4)c(Cl)c3)S2)cc1. The molecule has 0 atom stereocenters. The van der Waals surface area contributed by atoms with Crippen molar-refractivity contribution in [3.8, 4) is 11.5 Å². The summed E-state index contributed by atoms with van der Waals surface area (Å²) in [6.45, 7) is 2.72. The Kier molecular flexibility index (Phi) is 8.52. The Labute approximate surface area is 227 Å². The van der Waals surface area contributed by atoms with E-state index in [9.17, 15) is 4.79 Å². The molecule has 1 aliphatic rings. The number of amidine groups is 1. The van der Waals surface area contributed by atoms with Crippen LogP contribution >= 0.6 is 58.2 Å². The number of rotatable bonds is 7. The second-order valence-electron chi connectivity index (χ2n) is 7.26. The number of hydrogen-bond donors (Lipinski definition) is 1. The first-order valence-electron chi connectivity index (χ1n) is 10.4. The molecule has 4 rings (SSSR count). The van der Waals surface area contributed by atoms with Gasteiger partial charge in [-0.05, 0) is 84.4 Å². The summed E-state index contributed by atoms with van der Waals surface area (Å²) in [4.78, 5) is 17.4. The third kappa shape index (κ3) is 6.66. The lowest BCUT2D eigenvalue weighted by atomic mass is 10.2. The van der Waals surface area contributed by atoms with Crippen molar-refractivity contribution in [3.05, 3.63) is 90.7 Å². The van der Waals surface area contributed by atoms with Gasteiger partial charge in [0, 0.05) is 0 Å². The van der Waals surface area contributed by atoms with Crippen LogP contribution in [0.4, 0.5) is 5.69 Å². The summed E-state index contributed by atoms with van der Waals surface area (Å²) in [6, 6.07) is 15.9. The number of ether oxygens (including phenoxy) is 2. The van der Waals surface area contributed by atoms with E-state index in [4.69, 9.17) is 55.9 Å². The number of hydrogen-bond acceptors (Lipinski definition) is 5. The number of thioether (sulfide) groups is 1. The minimum Gasteiger partial charge on any atom is -0.494 e. The quantitative estimate of drug-likeness (QED) is 0.292. The first kappa shape index (κ1) is 25.7. The highest BCUT2D eigenvalue weighted by molar-refractivity contribution is 8.18. The molecule has 35 heavy (non-hydrogen) atoms. The minimum absolute atomic E-state index is 0.209. The van der Waals surface area contributed by atoms with E-state index in [1.807, 2.05) is 31.2 Å². The molecule has 5 nitrogen and oxygen atoms in total. The van der Waals surface area contributed by atoms with E-state index in [0.29, 0.717) is 53.8 Å². The summed E-state index contributed by atoms with van der Waals surface area (Å²) in [6.07, 6.45) is 1.70. The second-order valence-corrected chi connectivity index (χ2v) is 9.92. The van der Waals surface area contributed by atoms with Crippen LogP contribution in [0, 0.1) is 0 Å². The monoisotopic (exact) mass is 566 g/mol. The second kappa shape index (κ2) is 11.6. The van der Waals surface area contributed by atoms with Gasteiger partial charge in [-0.2, -0.15) is 0 Å². The van der Waals surface area contributed by atoms with E-state index in [1.165, 1.54) is 11.8 Å². The van der Waals surface area contributed by atoms with Crippen molar-refractivity contribution >= 4 is 81.0 Å². The van der Waals surface area contributed by atoms with Crippen LogP contribution in [0.15, 0.2) is 64.5 Å². The Morgan fingerprint density at radius 2 is 1.63 bits per heavy atom. The highest BCUT2D eigenvalue weighted by Crippen LogP contribution is 2.37. The highest BCUT2D eigenvalue weighted by Gasteiger charge is 2.24. The summed E-state index contributed by atoms with van der Waals surface area (Å²) in [7, 11) is 0. The van der Waals surface area contributed by atoms with E-state index < -0.39 is 0 Å². The average molecular weight is 568 g/mol. The largest absolute Gasteiger partial charge is 0.494 e. The van der Waals surface area contributed by atoms with Crippen LogP contribution in [0.5, 0.6) is 11.5 Å². The molecule has 10 heteroatoms. The van der Waals surface area contributed by atoms with Gasteiger partial charge in [0.05, 0.1) is 37.3 Å². The molecule has 1 aliphatic heterocycles. The van der Waals surface area contributed by atoms with Crippen molar-refractivity contribution in [3.63, 3.8) is 0 Å². The maximum absolute atomic E-state index is 12.5. The van der Waals surface area contributed by atoms with Crippen LogP contribution in [-0.2, 0) is 11.4 Å². The van der Waals surface area contributed by atoms with Crippen LogP contribution in [-0.4, -0.2) is 17.7 Å². The molecule has 3 aromatic rings. The number of aliphatic imine (C=N–C) groups is 1.